The molecule has 4 N–H and O–H groups in total. The molecule has 40 heavy (non-hydrogen) atoms. The molecule has 0 aliphatic heterocycles. The molecule has 0 spiro atoms. The van der Waals surface area contributed by atoms with E-state index in [9.17, 15) is 0 Å². The number of methoxy groups -OCH3 is 8. The fourth-order valence-electron chi connectivity index (χ4n) is 0. The van der Waals surface area contributed by atoms with E-state index in [0.717, 1.165) is 28.4 Å². The Balaban J connectivity index is -0.00000000597. The van der Waals surface area contributed by atoms with E-state index >= 15 is 0 Å². The van der Waals surface area contributed by atoms with E-state index in [1.807, 2.05) is 0 Å². The number of rotatable bonds is 0. The van der Waals surface area contributed by atoms with Gasteiger partial charge in [0.1, 0.15) is 0 Å². The van der Waals surface area contributed by atoms with E-state index in [-0.39, 0.29) is 302 Å². The van der Waals surface area contributed by atoms with E-state index in [1.165, 1.54) is 0 Å². The maximum atomic E-state index is 7.00. The molecule has 0 aromatic carbocycles. The third-order valence-electron chi connectivity index (χ3n) is 0. The Morgan fingerprint density at radius 2 is 0.175 bits per heavy atom. The van der Waals surface area contributed by atoms with Crippen LogP contribution in [-0.2, 0) is 37.9 Å². The molecular weight excluding hydrogens is 752 g/mol. The van der Waals surface area contributed by atoms with Gasteiger partial charge in [0.25, 0.3) is 0 Å². The van der Waals surface area contributed by atoms with Crippen molar-refractivity contribution in [1.82, 2.24) is 0 Å². The molecule has 0 aliphatic rings. The number of ether oxygens (including phenoxy) is 8. The minimum atomic E-state index is 0. The van der Waals surface area contributed by atoms with Crippen LogP contribution >= 0.6 is 0 Å². The summed E-state index contributed by atoms with van der Waals surface area (Å²) in [5.74, 6) is 0. The zero-order chi connectivity index (χ0) is 29.7. The molecule has 0 amide bonds. The molecule has 0 aromatic heterocycles. The quantitative estimate of drug-likeness (QED) is 0.270. The molecule has 0 aromatic rings. The smallest absolute Gasteiger partial charge is 0.0351 e. The molecule has 0 radical (unpaired) electrons. The first-order valence-electron chi connectivity index (χ1n) is 8.32. The van der Waals surface area contributed by atoms with Gasteiger partial charge < -0.3 is 58.3 Å². The number of aliphatic hydroxyl groups is 4. The van der Waals surface area contributed by atoms with Crippen LogP contribution in [0.4, 0.5) is 0 Å². The van der Waals surface area contributed by atoms with Gasteiger partial charge in [-0.05, 0) is 0 Å². The maximum absolute atomic E-state index is 7.00. The Labute approximate surface area is 490 Å². The summed E-state index contributed by atoms with van der Waals surface area (Å²) in [5, 5.41) is 28.0. The maximum Gasteiger partial charge on any atom is 0.0351 e. The number of aliphatic hydroxyl groups excluding tert-OH is 4. The Hall–Kier alpha value is 9.60. The molecule has 0 saturated carbocycles. The summed E-state index contributed by atoms with van der Waals surface area (Å²) >= 11 is 0. The largest absolute Gasteiger partial charge is 0.400 e. The van der Waals surface area contributed by atoms with Crippen LogP contribution < -0.4 is 0 Å². The van der Waals surface area contributed by atoms with E-state index in [0.29, 0.717) is 0 Å². The molecule has 0 aliphatic carbocycles. The topological polar surface area (TPSA) is 155 Å². The van der Waals surface area contributed by atoms with Gasteiger partial charge in [-0.3, -0.25) is 0 Å². The van der Waals surface area contributed by atoms with Crippen molar-refractivity contribution in [2.75, 3.05) is 142 Å². The van der Waals surface area contributed by atoms with Gasteiger partial charge >= 0.3 is 0 Å². The van der Waals surface area contributed by atoms with Gasteiger partial charge in [-0.15, -0.1) is 0 Å². The summed E-state index contributed by atoms with van der Waals surface area (Å²) in [5.41, 5.74) is 0. The molecule has 12 nitrogen and oxygen atoms in total. The van der Waals surface area contributed by atoms with Crippen molar-refractivity contribution in [3.8, 4) is 0 Å². The van der Waals surface area contributed by atoms with Gasteiger partial charge in [-0.25, -0.2) is 0 Å². The fraction of sp³-hybridized carbons (Fsp3) is 1.00. The first-order chi connectivity index (χ1) is 15.3. The van der Waals surface area contributed by atoms with Crippen molar-refractivity contribution in [1.29, 1.82) is 0 Å². The minimum absolute atomic E-state index is 0. The third kappa shape index (κ3) is 1120. The van der Waals surface area contributed by atoms with Gasteiger partial charge in [-0.1, -0.05) is 0 Å². The van der Waals surface area contributed by atoms with Crippen LogP contribution in [0.1, 0.15) is 0 Å². The molecule has 0 fully saturated rings. The normalized spacial score (nSPS) is 4.20. The van der Waals surface area contributed by atoms with Gasteiger partial charge in [0.2, 0.25) is 0 Å². The second-order valence-electron chi connectivity index (χ2n) is 3.27. The minimum Gasteiger partial charge on any atom is -0.400 e. The molecule has 0 atom stereocenters. The van der Waals surface area contributed by atoms with Crippen LogP contribution in [0.2, 0.25) is 0 Å². The van der Waals surface area contributed by atoms with Crippen LogP contribution in [0, 0.1) is 302 Å². The zero-order valence-corrected chi connectivity index (χ0v) is 33.5. The standard InChI is InChI=1S/8C2H6O.4CH4O.8Ar/c8*1-3-2;4*1-2;;;;;;;;/h8*1-2H3;4*2H,1H3;;;;;;;;. The van der Waals surface area contributed by atoms with Crippen LogP contribution in [-0.4, -0.2) is 163 Å². The second kappa shape index (κ2) is 356. The monoisotopic (exact) mass is 816 g/mol. The predicted octanol–water partition coefficient (Wildman–Crippen LogP) is 0.535. The molecule has 280 valence electrons. The number of hydrogen-bond donors (Lipinski definition) is 4. The summed E-state index contributed by atoms with van der Waals surface area (Å²) in [6, 6.07) is 0. The van der Waals surface area contributed by atoms with Crippen molar-refractivity contribution in [2.45, 2.75) is 0 Å². The second-order valence-corrected chi connectivity index (χ2v) is 3.27. The van der Waals surface area contributed by atoms with E-state index in [1.54, 1.807) is 114 Å². The molecule has 0 heterocycles. The van der Waals surface area contributed by atoms with Gasteiger partial charge in [0.15, 0.2) is 0 Å². The third-order valence-corrected chi connectivity index (χ3v) is 0. The average molecular weight is 816 g/mol. The number of hydrogen-bond acceptors (Lipinski definition) is 12. The van der Waals surface area contributed by atoms with Crippen LogP contribution in [0.15, 0.2) is 0 Å². The van der Waals surface area contributed by atoms with Crippen molar-refractivity contribution in [3.05, 3.63) is 0 Å². The fourth-order valence-corrected chi connectivity index (χ4v) is 0. The average Bonchev–Trinajstić information content (AvgIpc) is 2.78. The van der Waals surface area contributed by atoms with E-state index in [2.05, 4.69) is 37.9 Å². The van der Waals surface area contributed by atoms with Gasteiger partial charge in [0, 0.05) is 444 Å². The Bertz CT molecular complexity index is 83.4. The zero-order valence-electron chi connectivity index (χ0n) is 27.9. The van der Waals surface area contributed by atoms with Crippen molar-refractivity contribution < 1.29 is 360 Å². The molecule has 0 unspecified atom stereocenters. The molecule has 0 rings (SSSR count). The summed E-state index contributed by atoms with van der Waals surface area (Å²) in [4.78, 5) is 0. The molecule has 0 saturated heterocycles. The molecule has 0 bridgehead atoms. The molecule has 20 heteroatoms. The molecular formula is C20H64Ar8O12. The van der Waals surface area contributed by atoms with Crippen LogP contribution in [0.3, 0.4) is 0 Å². The Morgan fingerprint density at radius 1 is 0.175 bits per heavy atom. The van der Waals surface area contributed by atoms with E-state index < -0.39 is 0 Å². The Morgan fingerprint density at radius 3 is 0.175 bits per heavy atom. The van der Waals surface area contributed by atoms with Gasteiger partial charge in [-0.2, -0.15) is 0 Å². The van der Waals surface area contributed by atoms with Crippen molar-refractivity contribution in [2.24, 2.45) is 0 Å². The predicted molar refractivity (Wildman–Crippen MR) is 136 cm³/mol. The first kappa shape index (κ1) is 134. The summed E-state index contributed by atoms with van der Waals surface area (Å²) < 4.78 is 34.0. The van der Waals surface area contributed by atoms with Crippen molar-refractivity contribution >= 4 is 0 Å². The summed E-state index contributed by atoms with van der Waals surface area (Å²) in [7, 11) is 30.0. The SMILES string of the molecule is CO.CO.CO.CO.COC.COC.COC.COC.COC.COC.COC.COC.[Ar].[Ar].[Ar].[Ar].[Ar].[Ar].[Ar].[Ar]. The first-order valence-corrected chi connectivity index (χ1v) is 8.32. The van der Waals surface area contributed by atoms with Gasteiger partial charge in [0.05, 0.1) is 0 Å². The Kier molecular flexibility index (Phi) is 1190. The summed E-state index contributed by atoms with van der Waals surface area (Å²) in [6.45, 7) is 0. The van der Waals surface area contributed by atoms with Crippen molar-refractivity contribution in [3.63, 3.8) is 0 Å². The van der Waals surface area contributed by atoms with Crippen LogP contribution in [0.25, 0.3) is 0 Å². The van der Waals surface area contributed by atoms with Crippen LogP contribution in [0.5, 0.6) is 0 Å². The summed E-state index contributed by atoms with van der Waals surface area (Å²) in [6.07, 6.45) is 0. The van der Waals surface area contributed by atoms with E-state index in [4.69, 9.17) is 20.4 Å².